The molecule has 16 heavy (non-hydrogen) atoms. The van der Waals surface area contributed by atoms with Gasteiger partial charge in [0, 0.05) is 18.1 Å². The minimum Gasteiger partial charge on any atom is -0.422 e. The van der Waals surface area contributed by atoms with Crippen LogP contribution in [0.1, 0.15) is 27.7 Å². The van der Waals surface area contributed by atoms with Crippen molar-refractivity contribution in [2.24, 2.45) is 5.92 Å². The summed E-state index contributed by atoms with van der Waals surface area (Å²) in [5.41, 5.74) is 0.566. The lowest BCUT2D eigenvalue weighted by molar-refractivity contribution is -0.140. The Kier molecular flexibility index (Phi) is 3.42. The van der Waals surface area contributed by atoms with Crippen LogP contribution < -0.4 is 0 Å². The number of ether oxygens (including phenoxy) is 1. The van der Waals surface area contributed by atoms with Gasteiger partial charge in [0.15, 0.2) is 11.5 Å². The molecule has 0 aromatic heterocycles. The molecule has 0 saturated carbocycles. The Hall–Kier alpha value is -1.71. The van der Waals surface area contributed by atoms with Crippen LogP contribution in [0.25, 0.3) is 0 Å². The van der Waals surface area contributed by atoms with E-state index in [2.05, 4.69) is 0 Å². The molecule has 0 N–H and O–H groups in total. The summed E-state index contributed by atoms with van der Waals surface area (Å²) in [6, 6.07) is 0. The fourth-order valence-corrected chi connectivity index (χ4v) is 1.54. The molecule has 0 fully saturated rings. The number of Topliss-reactive ketones (excluding diaryl/α,β-unsaturated/α-hetero) is 1. The van der Waals surface area contributed by atoms with E-state index in [1.807, 2.05) is 0 Å². The van der Waals surface area contributed by atoms with Gasteiger partial charge in [0.25, 0.3) is 0 Å². The topological polar surface area (TPSA) is 60.4 Å². The summed E-state index contributed by atoms with van der Waals surface area (Å²) in [5.74, 6) is -1.52. The number of ketones is 2. The van der Waals surface area contributed by atoms with E-state index in [0.29, 0.717) is 5.57 Å². The Bertz CT molecular complexity index is 424. The molecule has 0 heterocycles. The molecular formula is C12H14O4. The SMILES string of the molecule is CC(=O)OC1=C(C(C)C)C(=O)C=C(C)C1=O. The summed E-state index contributed by atoms with van der Waals surface area (Å²) in [4.78, 5) is 34.4. The van der Waals surface area contributed by atoms with Gasteiger partial charge in [0.05, 0.1) is 0 Å². The summed E-state index contributed by atoms with van der Waals surface area (Å²) in [6.07, 6.45) is 1.28. The molecule has 1 rings (SSSR count). The van der Waals surface area contributed by atoms with Crippen LogP contribution in [0.2, 0.25) is 0 Å². The first-order chi connectivity index (χ1) is 7.34. The summed E-state index contributed by atoms with van der Waals surface area (Å²) >= 11 is 0. The second kappa shape index (κ2) is 4.43. The Balaban J connectivity index is 3.28. The van der Waals surface area contributed by atoms with Crippen molar-refractivity contribution in [2.45, 2.75) is 27.7 Å². The monoisotopic (exact) mass is 222 g/mol. The van der Waals surface area contributed by atoms with Gasteiger partial charge in [-0.3, -0.25) is 14.4 Å². The third-order valence-corrected chi connectivity index (χ3v) is 2.25. The van der Waals surface area contributed by atoms with Crippen LogP contribution in [-0.2, 0) is 19.1 Å². The third kappa shape index (κ3) is 2.27. The normalized spacial score (nSPS) is 16.7. The van der Waals surface area contributed by atoms with Crippen LogP contribution >= 0.6 is 0 Å². The molecule has 0 saturated heterocycles. The van der Waals surface area contributed by atoms with Gasteiger partial charge in [-0.05, 0) is 18.9 Å². The molecular weight excluding hydrogens is 208 g/mol. The molecule has 0 amide bonds. The number of carbonyl (C=O) groups excluding carboxylic acids is 3. The zero-order valence-electron chi connectivity index (χ0n) is 9.79. The van der Waals surface area contributed by atoms with E-state index >= 15 is 0 Å². The second-order valence-corrected chi connectivity index (χ2v) is 4.01. The average Bonchev–Trinajstić information content (AvgIpc) is 2.12. The van der Waals surface area contributed by atoms with Crippen molar-refractivity contribution in [1.82, 2.24) is 0 Å². The fourth-order valence-electron chi connectivity index (χ4n) is 1.54. The van der Waals surface area contributed by atoms with Crippen molar-refractivity contribution in [3.63, 3.8) is 0 Å². The highest BCUT2D eigenvalue weighted by Crippen LogP contribution is 2.25. The van der Waals surface area contributed by atoms with Crippen molar-refractivity contribution in [1.29, 1.82) is 0 Å². The molecule has 0 atom stereocenters. The molecule has 86 valence electrons. The lowest BCUT2D eigenvalue weighted by Crippen LogP contribution is -2.24. The van der Waals surface area contributed by atoms with Crippen LogP contribution in [0.4, 0.5) is 0 Å². The molecule has 1 aliphatic carbocycles. The molecule has 0 aromatic rings. The average molecular weight is 222 g/mol. The minimum absolute atomic E-state index is 0.118. The Morgan fingerprint density at radius 3 is 2.31 bits per heavy atom. The zero-order chi connectivity index (χ0) is 12.5. The highest BCUT2D eigenvalue weighted by molar-refractivity contribution is 6.22. The number of esters is 1. The molecule has 0 spiro atoms. The zero-order valence-corrected chi connectivity index (χ0v) is 9.79. The van der Waals surface area contributed by atoms with Gasteiger partial charge in [0.1, 0.15) is 0 Å². The highest BCUT2D eigenvalue weighted by atomic mass is 16.5. The minimum atomic E-state index is -0.594. The van der Waals surface area contributed by atoms with E-state index in [1.54, 1.807) is 13.8 Å². The summed E-state index contributed by atoms with van der Waals surface area (Å²) in [5, 5.41) is 0. The smallest absolute Gasteiger partial charge is 0.308 e. The second-order valence-electron chi connectivity index (χ2n) is 4.01. The molecule has 0 radical (unpaired) electrons. The highest BCUT2D eigenvalue weighted by Gasteiger charge is 2.30. The van der Waals surface area contributed by atoms with Crippen molar-refractivity contribution < 1.29 is 19.1 Å². The lowest BCUT2D eigenvalue weighted by Gasteiger charge is -2.18. The first kappa shape index (κ1) is 12.4. The number of allylic oxidation sites excluding steroid dienone is 3. The van der Waals surface area contributed by atoms with E-state index < -0.39 is 11.8 Å². The maximum Gasteiger partial charge on any atom is 0.308 e. The molecule has 4 nitrogen and oxygen atoms in total. The largest absolute Gasteiger partial charge is 0.422 e. The van der Waals surface area contributed by atoms with E-state index in [0.717, 1.165) is 0 Å². The maximum absolute atomic E-state index is 11.8. The molecule has 0 aromatic carbocycles. The van der Waals surface area contributed by atoms with Gasteiger partial charge in [-0.1, -0.05) is 13.8 Å². The molecule has 0 aliphatic heterocycles. The van der Waals surface area contributed by atoms with E-state index in [1.165, 1.54) is 19.9 Å². The van der Waals surface area contributed by atoms with Crippen molar-refractivity contribution in [2.75, 3.05) is 0 Å². The van der Waals surface area contributed by atoms with Crippen molar-refractivity contribution in [3.05, 3.63) is 23.0 Å². The van der Waals surface area contributed by atoms with Crippen LogP contribution in [0.15, 0.2) is 23.0 Å². The molecule has 4 heteroatoms. The van der Waals surface area contributed by atoms with Crippen molar-refractivity contribution >= 4 is 17.5 Å². The molecule has 0 bridgehead atoms. The standard InChI is InChI=1S/C12H14O4/c1-6(2)10-9(14)5-7(3)11(15)12(10)16-8(4)13/h5-6H,1-4H3. The van der Waals surface area contributed by atoms with Gasteiger partial charge in [-0.2, -0.15) is 0 Å². The predicted octanol–water partition coefficient (Wildman–Crippen LogP) is 1.56. The summed E-state index contributed by atoms with van der Waals surface area (Å²) in [6.45, 7) is 6.29. The number of carbonyl (C=O) groups is 3. The Morgan fingerprint density at radius 2 is 1.88 bits per heavy atom. The van der Waals surface area contributed by atoms with Gasteiger partial charge >= 0.3 is 5.97 Å². The van der Waals surface area contributed by atoms with Crippen LogP contribution in [0.5, 0.6) is 0 Å². The van der Waals surface area contributed by atoms with Crippen LogP contribution in [0, 0.1) is 5.92 Å². The van der Waals surface area contributed by atoms with E-state index in [4.69, 9.17) is 4.74 Å². The quantitative estimate of drug-likeness (QED) is 0.525. The third-order valence-electron chi connectivity index (χ3n) is 2.25. The first-order valence-electron chi connectivity index (χ1n) is 5.04. The Labute approximate surface area is 94.0 Å². The summed E-state index contributed by atoms with van der Waals surface area (Å²) in [7, 11) is 0. The van der Waals surface area contributed by atoms with E-state index in [9.17, 15) is 14.4 Å². The van der Waals surface area contributed by atoms with Crippen molar-refractivity contribution in [3.8, 4) is 0 Å². The van der Waals surface area contributed by atoms with Gasteiger partial charge in [-0.25, -0.2) is 0 Å². The Morgan fingerprint density at radius 1 is 1.31 bits per heavy atom. The summed E-state index contributed by atoms with van der Waals surface area (Å²) < 4.78 is 4.85. The number of hydrogen-bond acceptors (Lipinski definition) is 4. The van der Waals surface area contributed by atoms with Crippen LogP contribution in [-0.4, -0.2) is 17.5 Å². The maximum atomic E-state index is 11.8. The van der Waals surface area contributed by atoms with E-state index in [-0.39, 0.29) is 23.0 Å². The first-order valence-corrected chi connectivity index (χ1v) is 5.04. The lowest BCUT2D eigenvalue weighted by atomic mass is 9.89. The fraction of sp³-hybridized carbons (Fsp3) is 0.417. The molecule has 1 aliphatic rings. The van der Waals surface area contributed by atoms with Gasteiger partial charge < -0.3 is 4.74 Å². The van der Waals surface area contributed by atoms with Gasteiger partial charge in [0.2, 0.25) is 5.78 Å². The van der Waals surface area contributed by atoms with Crippen LogP contribution in [0.3, 0.4) is 0 Å². The number of hydrogen-bond donors (Lipinski definition) is 0. The predicted molar refractivity (Wildman–Crippen MR) is 57.4 cm³/mol. The molecule has 0 unspecified atom stereocenters. The van der Waals surface area contributed by atoms with Gasteiger partial charge in [-0.15, -0.1) is 0 Å². The number of rotatable bonds is 2.